The van der Waals surface area contributed by atoms with Gasteiger partial charge in [-0.25, -0.2) is 0 Å². The maximum absolute atomic E-state index is 10.7. The molecule has 0 fully saturated rings. The summed E-state index contributed by atoms with van der Waals surface area (Å²) in [6.07, 6.45) is 0. The van der Waals surface area contributed by atoms with Crippen LogP contribution < -0.4 is 0 Å². The third kappa shape index (κ3) is 1.48. The van der Waals surface area contributed by atoms with Crippen LogP contribution in [0.4, 0.5) is 5.69 Å². The van der Waals surface area contributed by atoms with Gasteiger partial charge in [0.2, 0.25) is 0 Å². The van der Waals surface area contributed by atoms with Gasteiger partial charge in [0.15, 0.2) is 0 Å². The van der Waals surface area contributed by atoms with Gasteiger partial charge in [-0.2, -0.15) is 0 Å². The number of nitro groups is 1. The van der Waals surface area contributed by atoms with E-state index in [4.69, 9.17) is 0 Å². The van der Waals surface area contributed by atoms with Gasteiger partial charge in [0.25, 0.3) is 5.69 Å². The van der Waals surface area contributed by atoms with E-state index in [1.54, 1.807) is 12.1 Å². The summed E-state index contributed by atoms with van der Waals surface area (Å²) in [5.74, 6) is 0. The van der Waals surface area contributed by atoms with Gasteiger partial charge in [0, 0.05) is 10.5 Å². The normalized spacial score (nSPS) is 10.4. The van der Waals surface area contributed by atoms with Gasteiger partial charge in [0.1, 0.15) is 0 Å². The summed E-state index contributed by atoms with van der Waals surface area (Å²) in [5, 5.41) is 12.3. The zero-order chi connectivity index (χ0) is 10.1. The largest absolute Gasteiger partial charge is 0.277 e. The first-order chi connectivity index (χ1) is 6.68. The second kappa shape index (κ2) is 3.38. The van der Waals surface area contributed by atoms with Crippen LogP contribution in [0.1, 0.15) is 0 Å². The Hall–Kier alpha value is -1.42. The summed E-state index contributed by atoms with van der Waals surface area (Å²) < 4.78 is 0.847. The minimum absolute atomic E-state index is 0.142. The quantitative estimate of drug-likeness (QED) is 0.575. The molecule has 0 amide bonds. The number of hydrogen-bond acceptors (Lipinski definition) is 2. The van der Waals surface area contributed by atoms with Gasteiger partial charge in [-0.15, -0.1) is 0 Å². The Balaban J connectivity index is 2.84. The highest BCUT2D eigenvalue weighted by atomic mass is 79.9. The number of nitro benzene ring substituents is 1. The van der Waals surface area contributed by atoms with Gasteiger partial charge < -0.3 is 0 Å². The number of benzene rings is 2. The van der Waals surface area contributed by atoms with E-state index in [-0.39, 0.29) is 10.6 Å². The van der Waals surface area contributed by atoms with E-state index in [1.165, 1.54) is 6.07 Å². The van der Waals surface area contributed by atoms with E-state index in [0.717, 1.165) is 9.86 Å². The molecule has 0 aromatic heterocycles. The molecule has 2 aromatic carbocycles. The fraction of sp³-hybridized carbons (Fsp3) is 0. The molecule has 0 N–H and O–H groups in total. The number of halogens is 1. The molecule has 0 atom stereocenters. The molecule has 0 spiro atoms. The molecule has 14 heavy (non-hydrogen) atoms. The molecule has 2 rings (SSSR count). The molecule has 4 heteroatoms. The molecular formula is C10H6BrNO2. The summed E-state index contributed by atoms with van der Waals surface area (Å²) in [5.41, 5.74) is 0.142. The van der Waals surface area contributed by atoms with E-state index < -0.39 is 0 Å². The van der Waals surface area contributed by atoms with Crippen molar-refractivity contribution in [3.05, 3.63) is 51.0 Å². The molecule has 0 saturated heterocycles. The van der Waals surface area contributed by atoms with E-state index in [0.29, 0.717) is 5.39 Å². The third-order valence-corrected chi connectivity index (χ3v) is 2.51. The first-order valence-corrected chi connectivity index (χ1v) is 4.80. The van der Waals surface area contributed by atoms with Crippen LogP contribution in [-0.2, 0) is 0 Å². The zero-order valence-electron chi connectivity index (χ0n) is 7.11. The van der Waals surface area contributed by atoms with Crippen molar-refractivity contribution < 1.29 is 4.92 Å². The second-order valence-electron chi connectivity index (χ2n) is 2.90. The molecule has 0 radical (unpaired) electrons. The first kappa shape index (κ1) is 9.15. The van der Waals surface area contributed by atoms with Crippen LogP contribution in [0.2, 0.25) is 0 Å². The minimum Gasteiger partial charge on any atom is -0.258 e. The summed E-state index contributed by atoms with van der Waals surface area (Å²) in [6.45, 7) is 0. The molecule has 70 valence electrons. The summed E-state index contributed by atoms with van der Waals surface area (Å²) in [7, 11) is 0. The van der Waals surface area contributed by atoms with Crippen LogP contribution in [0.5, 0.6) is 0 Å². The van der Waals surface area contributed by atoms with Crippen LogP contribution in [0, 0.1) is 10.1 Å². The molecule has 0 aliphatic rings. The van der Waals surface area contributed by atoms with Crippen LogP contribution in [0.15, 0.2) is 40.9 Å². The van der Waals surface area contributed by atoms with Gasteiger partial charge in [0.05, 0.1) is 10.3 Å². The van der Waals surface area contributed by atoms with Crippen molar-refractivity contribution >= 4 is 32.4 Å². The van der Waals surface area contributed by atoms with Crippen molar-refractivity contribution in [2.45, 2.75) is 0 Å². The molecule has 3 nitrogen and oxygen atoms in total. The van der Waals surface area contributed by atoms with Crippen molar-refractivity contribution in [1.29, 1.82) is 0 Å². The number of non-ortho nitro benzene ring substituents is 1. The van der Waals surface area contributed by atoms with Crippen LogP contribution >= 0.6 is 15.9 Å². The lowest BCUT2D eigenvalue weighted by Gasteiger charge is -1.99. The monoisotopic (exact) mass is 251 g/mol. The average Bonchev–Trinajstić information content (AvgIpc) is 2.16. The third-order valence-electron chi connectivity index (χ3n) is 2.02. The fourth-order valence-electron chi connectivity index (χ4n) is 1.39. The molecule has 0 bridgehead atoms. The average molecular weight is 252 g/mol. The van der Waals surface area contributed by atoms with Gasteiger partial charge in [-0.1, -0.05) is 34.1 Å². The minimum atomic E-state index is -0.366. The Labute approximate surface area is 88.6 Å². The first-order valence-electron chi connectivity index (χ1n) is 4.01. The SMILES string of the molecule is O=[N+]([O-])c1cccc2ccc(Br)cc12. The van der Waals surface area contributed by atoms with Crippen molar-refractivity contribution in [2.24, 2.45) is 0 Å². The highest BCUT2D eigenvalue weighted by molar-refractivity contribution is 9.10. The van der Waals surface area contributed by atoms with Crippen LogP contribution in [0.3, 0.4) is 0 Å². The lowest BCUT2D eigenvalue weighted by molar-refractivity contribution is -0.383. The molecule has 0 aliphatic heterocycles. The predicted molar refractivity (Wildman–Crippen MR) is 58.3 cm³/mol. The van der Waals surface area contributed by atoms with Gasteiger partial charge in [-0.3, -0.25) is 10.1 Å². The zero-order valence-corrected chi connectivity index (χ0v) is 8.69. The van der Waals surface area contributed by atoms with Crippen molar-refractivity contribution in [2.75, 3.05) is 0 Å². The van der Waals surface area contributed by atoms with Crippen molar-refractivity contribution in [3.8, 4) is 0 Å². The maximum atomic E-state index is 10.7. The van der Waals surface area contributed by atoms with Crippen LogP contribution in [0.25, 0.3) is 10.8 Å². The van der Waals surface area contributed by atoms with Crippen molar-refractivity contribution in [3.63, 3.8) is 0 Å². The van der Waals surface area contributed by atoms with Gasteiger partial charge >= 0.3 is 0 Å². The number of nitrogens with zero attached hydrogens (tertiary/aromatic N) is 1. The Morgan fingerprint density at radius 1 is 1.21 bits per heavy atom. The molecular weight excluding hydrogens is 246 g/mol. The second-order valence-corrected chi connectivity index (χ2v) is 3.82. The number of rotatable bonds is 1. The van der Waals surface area contributed by atoms with Gasteiger partial charge in [-0.05, 0) is 17.5 Å². The van der Waals surface area contributed by atoms with E-state index in [9.17, 15) is 10.1 Å². The lowest BCUT2D eigenvalue weighted by Crippen LogP contribution is -1.88. The molecule has 2 aromatic rings. The molecule has 0 heterocycles. The Morgan fingerprint density at radius 3 is 2.71 bits per heavy atom. The summed E-state index contributed by atoms with van der Waals surface area (Å²) >= 11 is 3.29. The molecule has 0 aliphatic carbocycles. The van der Waals surface area contributed by atoms with E-state index in [1.807, 2.05) is 18.2 Å². The number of hydrogen-bond donors (Lipinski definition) is 0. The smallest absolute Gasteiger partial charge is 0.258 e. The molecule has 0 unspecified atom stereocenters. The molecule has 0 saturated carbocycles. The van der Waals surface area contributed by atoms with Crippen LogP contribution in [-0.4, -0.2) is 4.92 Å². The maximum Gasteiger partial charge on any atom is 0.277 e. The topological polar surface area (TPSA) is 43.1 Å². The van der Waals surface area contributed by atoms with E-state index in [2.05, 4.69) is 15.9 Å². The standard InChI is InChI=1S/C10H6BrNO2/c11-8-5-4-7-2-1-3-10(12(13)14)9(7)6-8/h1-6H. The lowest BCUT2D eigenvalue weighted by atomic mass is 10.1. The van der Waals surface area contributed by atoms with E-state index >= 15 is 0 Å². The van der Waals surface area contributed by atoms with Crippen molar-refractivity contribution in [1.82, 2.24) is 0 Å². The summed E-state index contributed by atoms with van der Waals surface area (Å²) in [6, 6.07) is 10.5. The number of fused-ring (bicyclic) bond motifs is 1. The predicted octanol–water partition coefficient (Wildman–Crippen LogP) is 3.51. The Kier molecular flexibility index (Phi) is 2.21. The highest BCUT2D eigenvalue weighted by Crippen LogP contribution is 2.27. The highest BCUT2D eigenvalue weighted by Gasteiger charge is 2.10. The fourth-order valence-corrected chi connectivity index (χ4v) is 1.75. The Bertz CT molecular complexity index is 510. The Morgan fingerprint density at radius 2 is 2.00 bits per heavy atom. The summed E-state index contributed by atoms with van der Waals surface area (Å²) in [4.78, 5) is 10.4.